The summed E-state index contributed by atoms with van der Waals surface area (Å²) < 4.78 is 5.91. The number of nitrogens with zero attached hydrogens (tertiary/aromatic N) is 1. The molecule has 0 aliphatic carbocycles. The minimum absolute atomic E-state index is 0.0595. The Kier molecular flexibility index (Phi) is 7.36. The number of nitrogens with one attached hydrogen (secondary N) is 1. The molecule has 0 unspecified atom stereocenters. The van der Waals surface area contributed by atoms with Gasteiger partial charge in [-0.2, -0.15) is 5.26 Å². The lowest BCUT2D eigenvalue weighted by Crippen LogP contribution is -2.14. The predicted octanol–water partition coefficient (Wildman–Crippen LogP) is 6.73. The second kappa shape index (κ2) is 10.2. The fourth-order valence-electron chi connectivity index (χ4n) is 2.93. The van der Waals surface area contributed by atoms with E-state index >= 15 is 0 Å². The van der Waals surface area contributed by atoms with Gasteiger partial charge in [0.15, 0.2) is 0 Å². The first kappa shape index (κ1) is 22.4. The van der Waals surface area contributed by atoms with Crippen LogP contribution in [0.4, 0.5) is 5.69 Å². The van der Waals surface area contributed by atoms with Crippen LogP contribution in [0.2, 0.25) is 10.0 Å². The number of ether oxygens (including phenoxy) is 1. The Morgan fingerprint density at radius 2 is 1.81 bits per heavy atom. The predicted molar refractivity (Wildman–Crippen MR) is 125 cm³/mol. The van der Waals surface area contributed by atoms with Crippen molar-refractivity contribution in [2.75, 3.05) is 5.32 Å². The Labute approximate surface area is 191 Å². The van der Waals surface area contributed by atoms with E-state index in [-0.39, 0.29) is 12.2 Å². The summed E-state index contributed by atoms with van der Waals surface area (Å²) in [6, 6.07) is 20.0. The molecule has 0 heterocycles. The minimum atomic E-state index is -0.503. The Morgan fingerprint density at radius 1 is 1.06 bits per heavy atom. The summed E-state index contributed by atoms with van der Waals surface area (Å²) in [5.74, 6) is -0.00590. The molecular formula is C25H20Cl2N2O2. The number of hydrogen-bond donors (Lipinski definition) is 1. The largest absolute Gasteiger partial charge is 0.488 e. The lowest BCUT2D eigenvalue weighted by molar-refractivity contribution is -0.112. The molecular weight excluding hydrogens is 431 g/mol. The molecule has 0 fully saturated rings. The highest BCUT2D eigenvalue weighted by Crippen LogP contribution is 2.27. The van der Waals surface area contributed by atoms with Crippen molar-refractivity contribution in [1.29, 1.82) is 5.26 Å². The molecule has 4 nitrogen and oxygen atoms in total. The minimum Gasteiger partial charge on any atom is -0.488 e. The van der Waals surface area contributed by atoms with Crippen LogP contribution in [0, 0.1) is 25.2 Å². The maximum atomic E-state index is 12.7. The Balaban J connectivity index is 1.85. The van der Waals surface area contributed by atoms with E-state index in [2.05, 4.69) is 5.32 Å². The number of nitriles is 1. The highest BCUT2D eigenvalue weighted by Gasteiger charge is 2.13. The zero-order valence-corrected chi connectivity index (χ0v) is 18.6. The highest BCUT2D eigenvalue weighted by molar-refractivity contribution is 6.31. The molecule has 1 N–H and O–H groups in total. The van der Waals surface area contributed by atoms with Gasteiger partial charge in [-0.3, -0.25) is 4.79 Å². The average Bonchev–Trinajstić information content (AvgIpc) is 2.74. The zero-order valence-electron chi connectivity index (χ0n) is 17.1. The number of aryl methyl sites for hydroxylation is 1. The van der Waals surface area contributed by atoms with Gasteiger partial charge in [0.25, 0.3) is 5.91 Å². The molecule has 0 radical (unpaired) electrons. The summed E-state index contributed by atoms with van der Waals surface area (Å²) in [5, 5.41) is 13.5. The van der Waals surface area contributed by atoms with Crippen LogP contribution in [-0.2, 0) is 11.4 Å². The molecule has 0 aliphatic heterocycles. The Morgan fingerprint density at radius 3 is 2.55 bits per heavy atom. The third kappa shape index (κ3) is 5.88. The first-order valence-electron chi connectivity index (χ1n) is 9.53. The van der Waals surface area contributed by atoms with Crippen molar-refractivity contribution in [1.82, 2.24) is 0 Å². The summed E-state index contributed by atoms with van der Waals surface area (Å²) in [4.78, 5) is 12.7. The molecule has 31 heavy (non-hydrogen) atoms. The molecule has 0 aliphatic rings. The molecule has 0 saturated carbocycles. The van der Waals surface area contributed by atoms with Gasteiger partial charge in [0, 0.05) is 21.3 Å². The van der Waals surface area contributed by atoms with Crippen LogP contribution in [0.15, 0.2) is 66.2 Å². The van der Waals surface area contributed by atoms with Gasteiger partial charge in [-0.1, -0.05) is 47.5 Å². The van der Waals surface area contributed by atoms with Crippen LogP contribution in [-0.4, -0.2) is 5.91 Å². The molecule has 0 saturated heterocycles. The van der Waals surface area contributed by atoms with Gasteiger partial charge in [0.2, 0.25) is 0 Å². The number of amides is 1. The summed E-state index contributed by atoms with van der Waals surface area (Å²) in [5.41, 5.74) is 4.02. The third-order valence-electron chi connectivity index (χ3n) is 4.77. The van der Waals surface area contributed by atoms with Crippen LogP contribution in [0.5, 0.6) is 5.75 Å². The van der Waals surface area contributed by atoms with Crippen LogP contribution >= 0.6 is 23.2 Å². The second-order valence-electron chi connectivity index (χ2n) is 6.97. The van der Waals surface area contributed by atoms with Crippen molar-refractivity contribution in [3.8, 4) is 11.8 Å². The maximum Gasteiger partial charge on any atom is 0.266 e. The van der Waals surface area contributed by atoms with Gasteiger partial charge in [-0.15, -0.1) is 0 Å². The van der Waals surface area contributed by atoms with E-state index in [0.717, 1.165) is 16.7 Å². The monoisotopic (exact) mass is 450 g/mol. The second-order valence-corrected chi connectivity index (χ2v) is 7.85. The summed E-state index contributed by atoms with van der Waals surface area (Å²) in [6.45, 7) is 4.15. The van der Waals surface area contributed by atoms with Crippen molar-refractivity contribution in [2.24, 2.45) is 0 Å². The van der Waals surface area contributed by atoms with Gasteiger partial charge in [0.1, 0.15) is 24.0 Å². The molecule has 0 spiro atoms. The molecule has 3 rings (SSSR count). The van der Waals surface area contributed by atoms with Gasteiger partial charge < -0.3 is 10.1 Å². The topological polar surface area (TPSA) is 62.1 Å². The van der Waals surface area contributed by atoms with E-state index in [9.17, 15) is 10.1 Å². The number of halogens is 2. The smallest absolute Gasteiger partial charge is 0.266 e. The van der Waals surface area contributed by atoms with Gasteiger partial charge >= 0.3 is 0 Å². The number of carbonyl (C=O) groups is 1. The lowest BCUT2D eigenvalue weighted by Gasteiger charge is -2.12. The fraction of sp³-hybridized carbons (Fsp3) is 0.120. The van der Waals surface area contributed by atoms with Gasteiger partial charge in [0.05, 0.1) is 0 Å². The first-order chi connectivity index (χ1) is 14.9. The summed E-state index contributed by atoms with van der Waals surface area (Å²) in [6.07, 6.45) is 1.47. The normalized spacial score (nSPS) is 11.0. The molecule has 0 aromatic heterocycles. The molecule has 3 aromatic rings. The van der Waals surface area contributed by atoms with Crippen molar-refractivity contribution < 1.29 is 9.53 Å². The fourth-order valence-corrected chi connectivity index (χ4v) is 3.33. The van der Waals surface area contributed by atoms with Crippen molar-refractivity contribution in [3.63, 3.8) is 0 Å². The Bertz CT molecular complexity index is 1200. The molecule has 0 atom stereocenters. The molecule has 156 valence electrons. The van der Waals surface area contributed by atoms with E-state index < -0.39 is 5.91 Å². The maximum absolute atomic E-state index is 12.7. The van der Waals surface area contributed by atoms with Crippen LogP contribution in [0.25, 0.3) is 6.08 Å². The quantitative estimate of drug-likeness (QED) is 0.334. The van der Waals surface area contributed by atoms with Crippen molar-refractivity contribution >= 4 is 40.9 Å². The van der Waals surface area contributed by atoms with E-state index in [1.54, 1.807) is 30.3 Å². The number of benzene rings is 3. The van der Waals surface area contributed by atoms with Crippen molar-refractivity contribution in [3.05, 3.63) is 98.5 Å². The third-order valence-corrected chi connectivity index (χ3v) is 5.24. The molecule has 6 heteroatoms. The van der Waals surface area contributed by atoms with E-state index in [1.807, 2.05) is 50.2 Å². The zero-order chi connectivity index (χ0) is 22.4. The van der Waals surface area contributed by atoms with Crippen LogP contribution in [0.3, 0.4) is 0 Å². The van der Waals surface area contributed by atoms with Gasteiger partial charge in [-0.05, 0) is 73.0 Å². The number of anilines is 1. The lowest BCUT2D eigenvalue weighted by atomic mass is 10.1. The molecule has 0 bridgehead atoms. The standard InChI is InChI=1S/C25H20Cl2N2O2/c1-16-5-3-8-23(17(16)2)29-25(30)20(14-28)12-19-13-22(27)9-10-24(19)31-15-18-6-4-7-21(26)11-18/h3-13H,15H2,1-2H3,(H,29,30)/b20-12+. The number of hydrogen-bond acceptors (Lipinski definition) is 3. The molecule has 3 aromatic carbocycles. The highest BCUT2D eigenvalue weighted by atomic mass is 35.5. The number of rotatable bonds is 6. The van der Waals surface area contributed by atoms with Crippen LogP contribution < -0.4 is 10.1 Å². The van der Waals surface area contributed by atoms with E-state index in [1.165, 1.54) is 6.08 Å². The summed E-state index contributed by atoms with van der Waals surface area (Å²) in [7, 11) is 0. The number of carbonyl (C=O) groups excluding carboxylic acids is 1. The van der Waals surface area contributed by atoms with E-state index in [4.69, 9.17) is 27.9 Å². The Hall–Kier alpha value is -3.26. The molecule has 1 amide bonds. The average molecular weight is 451 g/mol. The first-order valence-corrected chi connectivity index (χ1v) is 10.3. The van der Waals surface area contributed by atoms with E-state index in [0.29, 0.717) is 27.0 Å². The SMILES string of the molecule is Cc1cccc(NC(=O)/C(C#N)=C/c2cc(Cl)ccc2OCc2cccc(Cl)c2)c1C. The van der Waals surface area contributed by atoms with Crippen molar-refractivity contribution in [2.45, 2.75) is 20.5 Å². The van der Waals surface area contributed by atoms with Crippen LogP contribution in [0.1, 0.15) is 22.3 Å². The van der Waals surface area contributed by atoms with Gasteiger partial charge in [-0.25, -0.2) is 0 Å². The summed E-state index contributed by atoms with van der Waals surface area (Å²) >= 11 is 12.2.